The summed E-state index contributed by atoms with van der Waals surface area (Å²) in [4.78, 5) is 28.3. The van der Waals surface area contributed by atoms with Gasteiger partial charge in [-0.3, -0.25) is 9.20 Å². The molecule has 3 aromatic rings. The Morgan fingerprint density at radius 1 is 1.21 bits per heavy atom. The van der Waals surface area contributed by atoms with Gasteiger partial charge in [-0.2, -0.15) is 0 Å². The van der Waals surface area contributed by atoms with Crippen molar-refractivity contribution in [2.24, 2.45) is 0 Å². The van der Waals surface area contributed by atoms with Crippen LogP contribution in [0.25, 0.3) is 5.65 Å². The van der Waals surface area contributed by atoms with Crippen molar-refractivity contribution < 1.29 is 14.6 Å². The summed E-state index contributed by atoms with van der Waals surface area (Å²) in [6.45, 7) is -0.209. The average molecular weight is 345 g/mol. The molecule has 1 aromatic carbocycles. The molecule has 6 nitrogen and oxygen atoms in total. The van der Waals surface area contributed by atoms with E-state index in [1.54, 1.807) is 36.4 Å². The minimum Gasteiger partial charge on any atom is -0.456 e. The standard InChI is InChI=1S/C17H13ClN2O4/c18-13-5-6-15-19-14(7-16(22)20(15)8-13)10-24-17(23)12-3-1-11(9-21)2-4-12/h1-8,21H,9-10H2. The first-order valence-corrected chi connectivity index (χ1v) is 7.49. The van der Waals surface area contributed by atoms with Crippen molar-refractivity contribution in [3.05, 3.63) is 80.9 Å². The molecule has 0 aliphatic rings. The minimum atomic E-state index is -0.530. The van der Waals surface area contributed by atoms with Crippen LogP contribution < -0.4 is 5.56 Å². The van der Waals surface area contributed by atoms with Crippen molar-refractivity contribution >= 4 is 23.2 Å². The highest BCUT2D eigenvalue weighted by molar-refractivity contribution is 6.30. The highest BCUT2D eigenvalue weighted by atomic mass is 35.5. The molecule has 0 radical (unpaired) electrons. The predicted molar refractivity (Wildman–Crippen MR) is 88.0 cm³/mol. The number of esters is 1. The minimum absolute atomic E-state index is 0.0930. The first-order valence-electron chi connectivity index (χ1n) is 7.11. The number of rotatable bonds is 4. The quantitative estimate of drug-likeness (QED) is 0.734. The molecule has 0 unspecified atom stereocenters. The molecule has 0 atom stereocenters. The van der Waals surface area contributed by atoms with Crippen LogP contribution in [-0.2, 0) is 18.0 Å². The maximum atomic E-state index is 12.0. The Hall–Kier alpha value is -2.70. The fraction of sp³-hybridized carbons (Fsp3) is 0.118. The largest absolute Gasteiger partial charge is 0.456 e. The highest BCUT2D eigenvalue weighted by Gasteiger charge is 2.09. The number of hydrogen-bond donors (Lipinski definition) is 1. The SMILES string of the molecule is O=C(OCc1cc(=O)n2cc(Cl)ccc2n1)c1ccc(CO)cc1. The molecule has 0 spiro atoms. The van der Waals surface area contributed by atoms with Gasteiger partial charge in [0.25, 0.3) is 5.56 Å². The van der Waals surface area contributed by atoms with Crippen LogP contribution in [0.5, 0.6) is 0 Å². The first-order chi connectivity index (χ1) is 11.6. The highest BCUT2D eigenvalue weighted by Crippen LogP contribution is 2.10. The van der Waals surface area contributed by atoms with E-state index in [-0.39, 0.29) is 18.8 Å². The third kappa shape index (κ3) is 3.45. The molecule has 0 amide bonds. The number of carbonyl (C=O) groups is 1. The Bertz CT molecular complexity index is 951. The first kappa shape index (κ1) is 16.2. The van der Waals surface area contributed by atoms with Gasteiger partial charge in [0.1, 0.15) is 12.3 Å². The molecule has 2 heterocycles. The van der Waals surface area contributed by atoms with Gasteiger partial charge in [-0.15, -0.1) is 0 Å². The van der Waals surface area contributed by atoms with Crippen LogP contribution in [-0.4, -0.2) is 20.5 Å². The molecule has 2 aromatic heterocycles. The molecule has 0 saturated carbocycles. The second-order valence-electron chi connectivity index (χ2n) is 5.09. The lowest BCUT2D eigenvalue weighted by Gasteiger charge is -2.06. The van der Waals surface area contributed by atoms with E-state index in [0.29, 0.717) is 27.5 Å². The number of aliphatic hydroxyl groups excluding tert-OH is 1. The van der Waals surface area contributed by atoms with Crippen molar-refractivity contribution in [1.82, 2.24) is 9.38 Å². The molecule has 0 fully saturated rings. The molecule has 0 aliphatic heterocycles. The topological polar surface area (TPSA) is 80.9 Å². The summed E-state index contributed by atoms with van der Waals surface area (Å²) < 4.78 is 6.50. The molecule has 1 N–H and O–H groups in total. The van der Waals surface area contributed by atoms with Gasteiger partial charge >= 0.3 is 5.97 Å². The lowest BCUT2D eigenvalue weighted by molar-refractivity contribution is 0.0467. The number of fused-ring (bicyclic) bond motifs is 1. The zero-order chi connectivity index (χ0) is 17.1. The van der Waals surface area contributed by atoms with Gasteiger partial charge in [0.05, 0.1) is 22.9 Å². The van der Waals surface area contributed by atoms with Crippen LogP contribution in [0.15, 0.2) is 53.5 Å². The summed E-state index contributed by atoms with van der Waals surface area (Å²) >= 11 is 5.85. The number of pyridine rings is 1. The maximum absolute atomic E-state index is 12.0. The number of benzene rings is 1. The zero-order valence-electron chi connectivity index (χ0n) is 12.5. The molecule has 7 heteroatoms. The normalized spacial score (nSPS) is 10.8. The Labute approximate surface area is 141 Å². The fourth-order valence-corrected chi connectivity index (χ4v) is 2.33. The van der Waals surface area contributed by atoms with Crippen LogP contribution >= 0.6 is 11.6 Å². The van der Waals surface area contributed by atoms with Gasteiger partial charge in [-0.25, -0.2) is 9.78 Å². The number of ether oxygens (including phenoxy) is 1. The van der Waals surface area contributed by atoms with Gasteiger partial charge in [0.2, 0.25) is 0 Å². The van der Waals surface area contributed by atoms with E-state index < -0.39 is 5.97 Å². The van der Waals surface area contributed by atoms with Gasteiger partial charge in [-0.05, 0) is 29.8 Å². The molecule has 24 heavy (non-hydrogen) atoms. The van der Waals surface area contributed by atoms with Crippen molar-refractivity contribution in [3.63, 3.8) is 0 Å². The van der Waals surface area contributed by atoms with E-state index in [0.717, 1.165) is 0 Å². The van der Waals surface area contributed by atoms with Crippen molar-refractivity contribution in [2.75, 3.05) is 0 Å². The monoisotopic (exact) mass is 344 g/mol. The maximum Gasteiger partial charge on any atom is 0.338 e. The van der Waals surface area contributed by atoms with Gasteiger partial charge in [-0.1, -0.05) is 23.7 Å². The van der Waals surface area contributed by atoms with Crippen molar-refractivity contribution in [1.29, 1.82) is 0 Å². The molecule has 0 bridgehead atoms. The zero-order valence-corrected chi connectivity index (χ0v) is 13.2. The molecule has 3 rings (SSSR count). The number of hydrogen-bond acceptors (Lipinski definition) is 5. The smallest absolute Gasteiger partial charge is 0.338 e. The number of aliphatic hydroxyl groups is 1. The van der Waals surface area contributed by atoms with E-state index in [1.807, 2.05) is 0 Å². The molecular formula is C17H13ClN2O4. The lowest BCUT2D eigenvalue weighted by Crippen LogP contribution is -2.16. The number of halogens is 1. The molecule has 0 aliphatic carbocycles. The van der Waals surface area contributed by atoms with Crippen molar-refractivity contribution in [3.8, 4) is 0 Å². The summed E-state index contributed by atoms with van der Waals surface area (Å²) in [6, 6.07) is 11.0. The van der Waals surface area contributed by atoms with Crippen LogP contribution in [0.2, 0.25) is 5.02 Å². The van der Waals surface area contributed by atoms with E-state index in [2.05, 4.69) is 4.98 Å². The van der Waals surface area contributed by atoms with E-state index in [9.17, 15) is 9.59 Å². The molecule has 122 valence electrons. The van der Waals surface area contributed by atoms with Gasteiger partial charge in [0, 0.05) is 12.3 Å². The van der Waals surface area contributed by atoms with Gasteiger partial charge < -0.3 is 9.84 Å². The fourth-order valence-electron chi connectivity index (χ4n) is 2.17. The number of nitrogens with zero attached hydrogens (tertiary/aromatic N) is 2. The average Bonchev–Trinajstić information content (AvgIpc) is 2.60. The van der Waals surface area contributed by atoms with Crippen molar-refractivity contribution in [2.45, 2.75) is 13.2 Å². The third-order valence-electron chi connectivity index (χ3n) is 3.40. The second-order valence-corrected chi connectivity index (χ2v) is 5.53. The van der Waals surface area contributed by atoms with Gasteiger partial charge in [0.15, 0.2) is 0 Å². The summed E-state index contributed by atoms with van der Waals surface area (Å²) in [6.07, 6.45) is 1.48. The Morgan fingerprint density at radius 2 is 1.96 bits per heavy atom. The third-order valence-corrected chi connectivity index (χ3v) is 3.62. The summed E-state index contributed by atoms with van der Waals surface area (Å²) in [5.41, 5.74) is 1.53. The molecular weight excluding hydrogens is 332 g/mol. The van der Waals surface area contributed by atoms with Crippen LogP contribution in [0, 0.1) is 0 Å². The van der Waals surface area contributed by atoms with Crippen LogP contribution in [0.4, 0.5) is 0 Å². The Morgan fingerprint density at radius 3 is 2.67 bits per heavy atom. The summed E-state index contributed by atoms with van der Waals surface area (Å²) in [5, 5.41) is 9.41. The second kappa shape index (κ2) is 6.82. The molecule has 0 saturated heterocycles. The lowest BCUT2D eigenvalue weighted by atomic mass is 10.1. The van der Waals surface area contributed by atoms with Crippen LogP contribution in [0.1, 0.15) is 21.6 Å². The van der Waals surface area contributed by atoms with E-state index >= 15 is 0 Å². The van der Waals surface area contributed by atoms with Crippen LogP contribution in [0.3, 0.4) is 0 Å². The van der Waals surface area contributed by atoms with E-state index in [4.69, 9.17) is 21.4 Å². The summed E-state index contributed by atoms with van der Waals surface area (Å²) in [7, 11) is 0. The van der Waals surface area contributed by atoms with E-state index in [1.165, 1.54) is 16.7 Å². The Kier molecular flexibility index (Phi) is 4.59. The number of carbonyl (C=O) groups excluding carboxylic acids is 1. The summed E-state index contributed by atoms with van der Waals surface area (Å²) in [5.74, 6) is -0.530. The predicted octanol–water partition coefficient (Wildman–Crippen LogP) is 2.20. The Balaban J connectivity index is 1.76. The number of aromatic nitrogens is 2.